The van der Waals surface area contributed by atoms with Crippen molar-refractivity contribution in [2.75, 3.05) is 6.26 Å². The zero-order valence-corrected chi connectivity index (χ0v) is 16.7. The van der Waals surface area contributed by atoms with Crippen LogP contribution in [-0.4, -0.2) is 20.6 Å². The molecule has 1 aromatic heterocycles. The number of alkyl halides is 3. The maximum absolute atomic E-state index is 13.0. The Labute approximate surface area is 161 Å². The molecule has 0 spiro atoms. The number of rotatable bonds is 5. The van der Waals surface area contributed by atoms with Gasteiger partial charge in [-0.1, -0.05) is 36.0 Å². The van der Waals surface area contributed by atoms with Crippen LogP contribution in [0.3, 0.4) is 0 Å². The van der Waals surface area contributed by atoms with E-state index in [4.69, 9.17) is 0 Å². The minimum atomic E-state index is -4.71. The third-order valence-corrected chi connectivity index (χ3v) is 5.77. The van der Waals surface area contributed by atoms with Crippen molar-refractivity contribution < 1.29 is 21.9 Å². The molecule has 1 unspecified atom stereocenters. The van der Waals surface area contributed by atoms with Crippen LogP contribution in [0.4, 0.5) is 13.2 Å². The van der Waals surface area contributed by atoms with Crippen molar-refractivity contribution in [1.29, 1.82) is 0 Å². The topological polar surface area (TPSA) is 68.3 Å². The van der Waals surface area contributed by atoms with Gasteiger partial charge in [0.15, 0.2) is 0 Å². The molecule has 0 N–H and O–H groups in total. The molecule has 1 heterocycles. The standard InChI is InChI=1S/C19H20F3N3O2S/c1-12-8-7-11-16(15(12)4)28(5,26)25-14(3)10-6-9-13(2)17-23-18(27-24-17)19(20,21)22/h6-11H,2H2,1,3-5H3/b9-6-,14-10+. The molecular formula is C19H20F3N3O2S. The fraction of sp³-hybridized carbons (Fsp3) is 0.263. The van der Waals surface area contributed by atoms with E-state index in [0.717, 1.165) is 11.1 Å². The van der Waals surface area contributed by atoms with Crippen LogP contribution in [0.15, 0.2) is 62.5 Å². The van der Waals surface area contributed by atoms with Crippen molar-refractivity contribution in [2.24, 2.45) is 4.36 Å². The van der Waals surface area contributed by atoms with E-state index in [0.29, 0.717) is 10.6 Å². The maximum atomic E-state index is 13.0. The normalized spacial score (nSPS) is 14.9. The Morgan fingerprint density at radius 3 is 2.61 bits per heavy atom. The van der Waals surface area contributed by atoms with Crippen molar-refractivity contribution in [1.82, 2.24) is 10.1 Å². The molecule has 9 heteroatoms. The van der Waals surface area contributed by atoms with Crippen LogP contribution in [0.1, 0.15) is 29.8 Å². The fourth-order valence-electron chi connectivity index (χ4n) is 2.34. The van der Waals surface area contributed by atoms with Crippen LogP contribution in [0.5, 0.6) is 0 Å². The zero-order valence-electron chi connectivity index (χ0n) is 15.9. The first-order chi connectivity index (χ1) is 12.9. The van der Waals surface area contributed by atoms with Gasteiger partial charge in [0, 0.05) is 17.5 Å². The maximum Gasteiger partial charge on any atom is 0.471 e. The van der Waals surface area contributed by atoms with Crippen molar-refractivity contribution in [3.63, 3.8) is 0 Å². The zero-order chi connectivity index (χ0) is 21.1. The molecule has 0 saturated carbocycles. The summed E-state index contributed by atoms with van der Waals surface area (Å²) in [5.74, 6) is -1.70. The van der Waals surface area contributed by atoms with Gasteiger partial charge in [0.2, 0.25) is 5.82 Å². The summed E-state index contributed by atoms with van der Waals surface area (Å²) in [4.78, 5) is 3.92. The molecule has 0 amide bonds. The molecule has 5 nitrogen and oxygen atoms in total. The van der Waals surface area contributed by atoms with Gasteiger partial charge in [0.05, 0.1) is 14.6 Å². The first-order valence-corrected chi connectivity index (χ1v) is 10.1. The summed E-state index contributed by atoms with van der Waals surface area (Å²) in [5.41, 5.74) is 2.57. The Balaban J connectivity index is 2.20. The first-order valence-electron chi connectivity index (χ1n) is 8.15. The fourth-order valence-corrected chi connectivity index (χ4v) is 4.10. The Bertz CT molecular complexity index is 1070. The van der Waals surface area contributed by atoms with Gasteiger partial charge in [-0.2, -0.15) is 18.2 Å². The van der Waals surface area contributed by atoms with E-state index in [1.165, 1.54) is 12.2 Å². The van der Waals surface area contributed by atoms with E-state index < -0.39 is 21.8 Å². The van der Waals surface area contributed by atoms with Crippen LogP contribution >= 0.6 is 0 Å². The van der Waals surface area contributed by atoms with E-state index in [-0.39, 0.29) is 11.4 Å². The van der Waals surface area contributed by atoms with Gasteiger partial charge in [-0.05, 0) is 44.0 Å². The molecule has 1 aromatic carbocycles. The summed E-state index contributed by atoms with van der Waals surface area (Å²) < 4.78 is 58.9. The minimum Gasteiger partial charge on any atom is -0.329 e. The molecule has 0 aliphatic rings. The number of benzene rings is 1. The van der Waals surface area contributed by atoms with Gasteiger partial charge in [0.25, 0.3) is 0 Å². The molecule has 2 rings (SSSR count). The second kappa shape index (κ2) is 8.14. The van der Waals surface area contributed by atoms with Crippen molar-refractivity contribution in [2.45, 2.75) is 31.8 Å². The average Bonchev–Trinajstić information content (AvgIpc) is 3.07. The predicted octanol–water partition coefficient (Wildman–Crippen LogP) is 5.34. The highest BCUT2D eigenvalue weighted by Gasteiger charge is 2.38. The second-order valence-electron chi connectivity index (χ2n) is 6.21. The highest BCUT2D eigenvalue weighted by molar-refractivity contribution is 7.93. The third-order valence-electron chi connectivity index (χ3n) is 3.87. The summed E-state index contributed by atoms with van der Waals surface area (Å²) in [6, 6.07) is 5.56. The van der Waals surface area contributed by atoms with Gasteiger partial charge in [-0.3, -0.25) is 0 Å². The summed E-state index contributed by atoms with van der Waals surface area (Å²) in [6.45, 7) is 9.12. The number of halogens is 3. The average molecular weight is 411 g/mol. The Kier molecular flexibility index (Phi) is 6.28. The summed E-state index contributed by atoms with van der Waals surface area (Å²) in [5, 5.41) is 3.25. The van der Waals surface area contributed by atoms with Gasteiger partial charge in [-0.15, -0.1) is 0 Å². The first kappa shape index (κ1) is 21.6. The molecule has 0 saturated heterocycles. The largest absolute Gasteiger partial charge is 0.471 e. The lowest BCUT2D eigenvalue weighted by molar-refractivity contribution is -0.159. The molecule has 2 aromatic rings. The van der Waals surface area contributed by atoms with Crippen molar-refractivity contribution in [3.05, 3.63) is 71.5 Å². The van der Waals surface area contributed by atoms with E-state index in [1.807, 2.05) is 26.0 Å². The van der Waals surface area contributed by atoms with Gasteiger partial charge < -0.3 is 4.52 Å². The smallest absolute Gasteiger partial charge is 0.329 e. The van der Waals surface area contributed by atoms with Gasteiger partial charge >= 0.3 is 12.1 Å². The molecule has 1 atom stereocenters. The SMILES string of the molecule is C=C(/C=C\C=C(/C)N=S(C)(=O)c1cccc(C)c1C)c1noc(C(F)(F)F)n1. The number of nitrogens with zero attached hydrogens (tertiary/aromatic N) is 3. The van der Waals surface area contributed by atoms with E-state index >= 15 is 0 Å². The van der Waals surface area contributed by atoms with Crippen molar-refractivity contribution >= 4 is 15.3 Å². The van der Waals surface area contributed by atoms with E-state index in [2.05, 4.69) is 25.6 Å². The summed E-state index contributed by atoms with van der Waals surface area (Å²) >= 11 is 0. The summed E-state index contributed by atoms with van der Waals surface area (Å²) in [7, 11) is -2.64. The number of hydrogen-bond donors (Lipinski definition) is 0. The summed E-state index contributed by atoms with van der Waals surface area (Å²) in [6.07, 6.45) is 1.36. The predicted molar refractivity (Wildman–Crippen MR) is 102 cm³/mol. The van der Waals surface area contributed by atoms with E-state index in [1.54, 1.807) is 25.3 Å². The second-order valence-corrected chi connectivity index (χ2v) is 8.43. The van der Waals surface area contributed by atoms with Crippen LogP contribution in [0.2, 0.25) is 0 Å². The molecule has 0 aliphatic heterocycles. The van der Waals surface area contributed by atoms with E-state index in [9.17, 15) is 17.4 Å². The molecule has 28 heavy (non-hydrogen) atoms. The highest BCUT2D eigenvalue weighted by Crippen LogP contribution is 2.28. The Morgan fingerprint density at radius 1 is 1.32 bits per heavy atom. The quantitative estimate of drug-likeness (QED) is 0.623. The molecular weight excluding hydrogens is 391 g/mol. The number of aryl methyl sites for hydroxylation is 1. The molecule has 0 aliphatic carbocycles. The van der Waals surface area contributed by atoms with Crippen LogP contribution in [0.25, 0.3) is 5.57 Å². The van der Waals surface area contributed by atoms with Crippen LogP contribution in [0, 0.1) is 13.8 Å². The monoisotopic (exact) mass is 411 g/mol. The van der Waals surface area contributed by atoms with Crippen molar-refractivity contribution in [3.8, 4) is 0 Å². The van der Waals surface area contributed by atoms with Crippen LogP contribution in [-0.2, 0) is 15.9 Å². The number of allylic oxidation sites excluding steroid dienone is 5. The number of aromatic nitrogens is 2. The Morgan fingerprint density at radius 2 is 2.00 bits per heavy atom. The molecule has 150 valence electrons. The minimum absolute atomic E-state index is 0.134. The Hall–Kier alpha value is -2.68. The lowest BCUT2D eigenvalue weighted by Gasteiger charge is -2.10. The highest BCUT2D eigenvalue weighted by atomic mass is 32.2. The van der Waals surface area contributed by atoms with Gasteiger partial charge in [0.1, 0.15) is 0 Å². The third kappa shape index (κ3) is 5.19. The lowest BCUT2D eigenvalue weighted by Crippen LogP contribution is -2.05. The number of hydrogen-bond acceptors (Lipinski definition) is 5. The molecule has 0 radical (unpaired) electrons. The van der Waals surface area contributed by atoms with Crippen LogP contribution < -0.4 is 0 Å². The van der Waals surface area contributed by atoms with Gasteiger partial charge in [-0.25, -0.2) is 8.57 Å². The molecule has 0 fully saturated rings. The molecule has 0 bridgehead atoms. The lowest BCUT2D eigenvalue weighted by atomic mass is 10.1.